The third-order valence-electron chi connectivity index (χ3n) is 3.31. The molecule has 2 unspecified atom stereocenters. The zero-order chi connectivity index (χ0) is 14.7. The van der Waals surface area contributed by atoms with Gasteiger partial charge < -0.3 is 15.5 Å². The van der Waals surface area contributed by atoms with Gasteiger partial charge in [-0.15, -0.1) is 0 Å². The highest BCUT2D eigenvalue weighted by Gasteiger charge is 2.21. The van der Waals surface area contributed by atoms with Crippen LogP contribution in [0.25, 0.3) is 10.9 Å². The number of fused-ring (bicyclic) bond motifs is 1. The molecule has 0 aliphatic heterocycles. The van der Waals surface area contributed by atoms with E-state index in [1.54, 1.807) is 12.3 Å². The predicted octanol–water partition coefficient (Wildman–Crippen LogP) is 1.07. The Balaban J connectivity index is 2.28. The number of nitrogens with one attached hydrogen (secondary N) is 1. The Bertz CT molecular complexity index is 628. The highest BCUT2D eigenvalue weighted by molar-refractivity contribution is 5.82. The lowest BCUT2D eigenvalue weighted by molar-refractivity contribution is -0.119. The number of aliphatic hydroxyl groups is 2. The Hall–Kier alpha value is -1.98. The molecule has 0 aliphatic carbocycles. The van der Waals surface area contributed by atoms with E-state index < -0.39 is 12.2 Å². The van der Waals surface area contributed by atoms with Crippen molar-refractivity contribution >= 4 is 16.8 Å². The van der Waals surface area contributed by atoms with Crippen molar-refractivity contribution < 1.29 is 15.0 Å². The van der Waals surface area contributed by atoms with Gasteiger partial charge in [0.25, 0.3) is 0 Å². The van der Waals surface area contributed by atoms with Crippen LogP contribution < -0.4 is 5.32 Å². The van der Waals surface area contributed by atoms with Crippen molar-refractivity contribution in [3.8, 4) is 0 Å². The standard InChI is InChI=1S/C15H18N2O3/c1-9-12(15(20)13(19)8-17-10(2)18)6-5-11-4-3-7-16-14(9)11/h3-7,13,15,19-20H,8H2,1-2H3,(H,17,18). The molecule has 2 rings (SSSR count). The monoisotopic (exact) mass is 274 g/mol. The van der Waals surface area contributed by atoms with Gasteiger partial charge in [0.05, 0.1) is 5.52 Å². The average molecular weight is 274 g/mol. The first-order chi connectivity index (χ1) is 9.50. The van der Waals surface area contributed by atoms with E-state index in [4.69, 9.17) is 0 Å². The number of aromatic nitrogens is 1. The van der Waals surface area contributed by atoms with E-state index in [0.29, 0.717) is 5.56 Å². The normalized spacial score (nSPS) is 14.0. The molecular weight excluding hydrogens is 256 g/mol. The summed E-state index contributed by atoms with van der Waals surface area (Å²) in [5, 5.41) is 23.6. The molecule has 5 nitrogen and oxygen atoms in total. The maximum Gasteiger partial charge on any atom is 0.216 e. The van der Waals surface area contributed by atoms with Gasteiger partial charge in [-0.3, -0.25) is 9.78 Å². The topological polar surface area (TPSA) is 82.5 Å². The molecule has 106 valence electrons. The van der Waals surface area contributed by atoms with Gasteiger partial charge in [0.15, 0.2) is 0 Å². The van der Waals surface area contributed by atoms with Crippen molar-refractivity contribution in [2.75, 3.05) is 6.54 Å². The van der Waals surface area contributed by atoms with Crippen molar-refractivity contribution in [3.63, 3.8) is 0 Å². The summed E-state index contributed by atoms with van der Waals surface area (Å²) in [5.41, 5.74) is 2.25. The molecule has 1 aromatic heterocycles. The quantitative estimate of drug-likeness (QED) is 0.779. The van der Waals surface area contributed by atoms with Gasteiger partial charge in [-0.1, -0.05) is 18.2 Å². The van der Waals surface area contributed by atoms with E-state index in [1.807, 2.05) is 25.1 Å². The number of amides is 1. The fourth-order valence-electron chi connectivity index (χ4n) is 2.19. The minimum absolute atomic E-state index is 0.0101. The second-order valence-electron chi connectivity index (χ2n) is 4.80. The zero-order valence-corrected chi connectivity index (χ0v) is 11.5. The Labute approximate surface area is 117 Å². The predicted molar refractivity (Wildman–Crippen MR) is 76.1 cm³/mol. The summed E-state index contributed by atoms with van der Waals surface area (Å²) < 4.78 is 0. The summed E-state index contributed by atoms with van der Waals surface area (Å²) in [4.78, 5) is 15.1. The van der Waals surface area contributed by atoms with Crippen LogP contribution in [0, 0.1) is 6.92 Å². The molecule has 2 atom stereocenters. The first-order valence-electron chi connectivity index (χ1n) is 6.45. The number of carbonyl (C=O) groups excluding carboxylic acids is 1. The lowest BCUT2D eigenvalue weighted by Gasteiger charge is -2.20. The summed E-state index contributed by atoms with van der Waals surface area (Å²) in [6.07, 6.45) is -0.425. The lowest BCUT2D eigenvalue weighted by Crippen LogP contribution is -2.34. The highest BCUT2D eigenvalue weighted by atomic mass is 16.3. The van der Waals surface area contributed by atoms with Gasteiger partial charge >= 0.3 is 0 Å². The molecular formula is C15H18N2O3. The Kier molecular flexibility index (Phi) is 4.32. The van der Waals surface area contributed by atoms with E-state index in [1.165, 1.54) is 6.92 Å². The first kappa shape index (κ1) is 14.4. The third-order valence-corrected chi connectivity index (χ3v) is 3.31. The van der Waals surface area contributed by atoms with Gasteiger partial charge in [-0.05, 0) is 24.1 Å². The van der Waals surface area contributed by atoms with E-state index in [9.17, 15) is 15.0 Å². The average Bonchev–Trinajstić information content (AvgIpc) is 2.44. The van der Waals surface area contributed by atoms with Gasteiger partial charge in [-0.2, -0.15) is 0 Å². The fourth-order valence-corrected chi connectivity index (χ4v) is 2.19. The molecule has 0 fully saturated rings. The van der Waals surface area contributed by atoms with E-state index in [2.05, 4.69) is 10.3 Å². The lowest BCUT2D eigenvalue weighted by atomic mass is 9.97. The molecule has 20 heavy (non-hydrogen) atoms. The first-order valence-corrected chi connectivity index (χ1v) is 6.45. The van der Waals surface area contributed by atoms with E-state index >= 15 is 0 Å². The molecule has 0 saturated heterocycles. The van der Waals surface area contributed by atoms with Crippen LogP contribution in [0.3, 0.4) is 0 Å². The molecule has 0 saturated carbocycles. The SMILES string of the molecule is CC(=O)NCC(O)C(O)c1ccc2cccnc2c1C. The number of pyridine rings is 1. The van der Waals surface area contributed by atoms with Crippen LogP contribution in [-0.4, -0.2) is 33.8 Å². The van der Waals surface area contributed by atoms with Crippen molar-refractivity contribution in [3.05, 3.63) is 41.6 Å². The van der Waals surface area contributed by atoms with Crippen LogP contribution in [0.4, 0.5) is 0 Å². The molecule has 1 aromatic carbocycles. The minimum Gasteiger partial charge on any atom is -0.388 e. The molecule has 1 amide bonds. The van der Waals surface area contributed by atoms with E-state index in [-0.39, 0.29) is 12.5 Å². The van der Waals surface area contributed by atoms with Gasteiger partial charge in [-0.25, -0.2) is 0 Å². The van der Waals surface area contributed by atoms with Crippen LogP contribution in [0.1, 0.15) is 24.2 Å². The maximum absolute atomic E-state index is 10.8. The fraction of sp³-hybridized carbons (Fsp3) is 0.333. The van der Waals surface area contributed by atoms with Crippen molar-refractivity contribution in [1.82, 2.24) is 10.3 Å². The van der Waals surface area contributed by atoms with Crippen LogP contribution >= 0.6 is 0 Å². The Morgan fingerprint density at radius 1 is 1.35 bits per heavy atom. The molecule has 0 bridgehead atoms. The van der Waals surface area contributed by atoms with Crippen LogP contribution in [0.5, 0.6) is 0 Å². The third kappa shape index (κ3) is 2.95. The second kappa shape index (κ2) is 5.98. The van der Waals surface area contributed by atoms with Gasteiger partial charge in [0.2, 0.25) is 5.91 Å². The summed E-state index contributed by atoms with van der Waals surface area (Å²) in [6, 6.07) is 7.43. The van der Waals surface area contributed by atoms with Crippen molar-refractivity contribution in [2.24, 2.45) is 0 Å². The Morgan fingerprint density at radius 2 is 2.10 bits per heavy atom. The molecule has 0 spiro atoms. The van der Waals surface area contributed by atoms with Gasteiger partial charge in [0.1, 0.15) is 12.2 Å². The van der Waals surface area contributed by atoms with E-state index in [0.717, 1.165) is 16.5 Å². The van der Waals surface area contributed by atoms with Crippen molar-refractivity contribution in [1.29, 1.82) is 0 Å². The number of benzene rings is 1. The second-order valence-corrected chi connectivity index (χ2v) is 4.80. The summed E-state index contributed by atoms with van der Waals surface area (Å²) in [6.45, 7) is 3.24. The number of aryl methyl sites for hydroxylation is 1. The molecule has 2 aromatic rings. The summed E-state index contributed by atoms with van der Waals surface area (Å²) >= 11 is 0. The number of hydrogen-bond donors (Lipinski definition) is 3. The molecule has 0 aliphatic rings. The zero-order valence-electron chi connectivity index (χ0n) is 11.5. The summed E-state index contributed by atoms with van der Waals surface area (Å²) in [5.74, 6) is -0.242. The molecule has 1 heterocycles. The van der Waals surface area contributed by atoms with Gasteiger partial charge in [0, 0.05) is 25.1 Å². The molecule has 3 N–H and O–H groups in total. The van der Waals surface area contributed by atoms with Crippen LogP contribution in [0.2, 0.25) is 0 Å². The Morgan fingerprint density at radius 3 is 2.80 bits per heavy atom. The smallest absolute Gasteiger partial charge is 0.216 e. The van der Waals surface area contributed by atoms with Crippen LogP contribution in [-0.2, 0) is 4.79 Å². The number of aliphatic hydroxyl groups excluding tert-OH is 2. The largest absolute Gasteiger partial charge is 0.388 e. The number of carbonyl (C=O) groups is 1. The molecule has 0 radical (unpaired) electrons. The molecule has 5 heteroatoms. The minimum atomic E-state index is -1.06. The summed E-state index contributed by atoms with van der Waals surface area (Å²) in [7, 11) is 0. The number of hydrogen-bond acceptors (Lipinski definition) is 4. The van der Waals surface area contributed by atoms with Crippen molar-refractivity contribution in [2.45, 2.75) is 26.1 Å². The van der Waals surface area contributed by atoms with Crippen LogP contribution in [0.15, 0.2) is 30.5 Å². The highest BCUT2D eigenvalue weighted by Crippen LogP contribution is 2.26. The number of rotatable bonds is 4. The maximum atomic E-state index is 10.8. The number of nitrogens with zero attached hydrogens (tertiary/aromatic N) is 1.